The third-order valence-electron chi connectivity index (χ3n) is 11.0. The number of methoxy groups -OCH3 is 1. The molecule has 2 heterocycles. The van der Waals surface area contributed by atoms with Crippen LogP contribution in [-0.2, 0) is 4.79 Å². The smallest absolute Gasteiger partial charge is 0.176 e. The van der Waals surface area contributed by atoms with Gasteiger partial charge in [-0.05, 0) is 92.0 Å². The zero-order chi connectivity index (χ0) is 29.1. The largest absolute Gasteiger partial charge is 0.493 e. The minimum absolute atomic E-state index is 0.233. The van der Waals surface area contributed by atoms with E-state index < -0.39 is 23.4 Å². The molecule has 0 N–H and O–H groups in total. The fourth-order valence-corrected chi connectivity index (χ4v) is 9.66. The van der Waals surface area contributed by atoms with Gasteiger partial charge in [0, 0.05) is 17.0 Å². The number of ether oxygens (including phenoxy) is 2. The van der Waals surface area contributed by atoms with Crippen molar-refractivity contribution in [3.05, 3.63) is 59.7 Å². The number of carbonyl (C=O) groups is 1. The number of Topliss-reactive ketones (excluding diaryl/α,β-unsaturated/α-hetero) is 1. The van der Waals surface area contributed by atoms with Crippen molar-refractivity contribution >= 4 is 17.5 Å². The Morgan fingerprint density at radius 3 is 2.33 bits per heavy atom. The minimum atomic E-state index is -1.46. The molecule has 0 spiro atoms. The Morgan fingerprint density at radius 2 is 1.69 bits per heavy atom. The number of ketones is 1. The van der Waals surface area contributed by atoms with Gasteiger partial charge in [-0.3, -0.25) is 4.79 Å². The van der Waals surface area contributed by atoms with Gasteiger partial charge in [-0.25, -0.2) is 0 Å². The summed E-state index contributed by atoms with van der Waals surface area (Å²) in [5.74, 6) is 2.63. The third kappa shape index (κ3) is 3.91. The molecule has 6 aliphatic rings. The van der Waals surface area contributed by atoms with Gasteiger partial charge in [0.1, 0.15) is 0 Å². The first-order chi connectivity index (χ1) is 20.5. The van der Waals surface area contributed by atoms with Crippen molar-refractivity contribution in [2.45, 2.75) is 76.3 Å². The third-order valence-corrected chi connectivity index (χ3v) is 11.0. The zero-order valence-electron chi connectivity index (χ0n) is 24.6. The van der Waals surface area contributed by atoms with Gasteiger partial charge in [-0.1, -0.05) is 49.8 Å². The summed E-state index contributed by atoms with van der Waals surface area (Å²) in [6, 6.07) is 17.6. The zero-order valence-corrected chi connectivity index (χ0v) is 24.6. The van der Waals surface area contributed by atoms with Crippen LogP contribution in [0.15, 0.2) is 48.5 Å². The quantitative estimate of drug-likeness (QED) is 0.321. The van der Waals surface area contributed by atoms with Crippen LogP contribution in [0.2, 0.25) is 0 Å². The molecule has 0 amide bonds. The van der Waals surface area contributed by atoms with Gasteiger partial charge in [0.25, 0.3) is 0 Å². The molecule has 6 nitrogen and oxygen atoms in total. The van der Waals surface area contributed by atoms with Crippen molar-refractivity contribution in [2.75, 3.05) is 18.6 Å². The molecule has 6 heteroatoms. The van der Waals surface area contributed by atoms with E-state index in [-0.39, 0.29) is 11.2 Å². The monoisotopic (exact) mass is 561 g/mol. The second kappa shape index (κ2) is 10.2. The molecule has 0 radical (unpaired) electrons. The molecule has 42 heavy (non-hydrogen) atoms. The maximum absolute atomic E-state index is 15.3. The normalized spacial score (nSPS) is 32.9. The number of fused-ring (bicyclic) bond motifs is 3. The molecule has 4 saturated carbocycles. The number of benzene rings is 2. The highest BCUT2D eigenvalue weighted by molar-refractivity contribution is 5.97. The first-order valence-corrected chi connectivity index (χ1v) is 15.7. The van der Waals surface area contributed by atoms with Crippen molar-refractivity contribution in [3.8, 4) is 23.6 Å². The van der Waals surface area contributed by atoms with Gasteiger partial charge in [0.2, 0.25) is 0 Å². The Hall–Kier alpha value is -3.77. The van der Waals surface area contributed by atoms with Gasteiger partial charge in [0.15, 0.2) is 22.7 Å². The molecule has 4 bridgehead atoms. The van der Waals surface area contributed by atoms with Gasteiger partial charge < -0.3 is 14.4 Å². The second-order valence-electron chi connectivity index (χ2n) is 13.5. The lowest BCUT2D eigenvalue weighted by molar-refractivity contribution is -0.145. The van der Waals surface area contributed by atoms with E-state index in [1.54, 1.807) is 7.11 Å². The van der Waals surface area contributed by atoms with Crippen LogP contribution in [-0.4, -0.2) is 31.6 Å². The van der Waals surface area contributed by atoms with Gasteiger partial charge in [-0.15, -0.1) is 0 Å². The van der Waals surface area contributed by atoms with Gasteiger partial charge in [0.05, 0.1) is 37.9 Å². The topological polar surface area (TPSA) is 86.4 Å². The maximum Gasteiger partial charge on any atom is 0.176 e. The van der Waals surface area contributed by atoms with Crippen LogP contribution in [0.3, 0.4) is 0 Å². The Kier molecular flexibility index (Phi) is 6.58. The van der Waals surface area contributed by atoms with E-state index in [0.717, 1.165) is 48.9 Å². The first kappa shape index (κ1) is 27.1. The Labute approximate surface area is 248 Å². The lowest BCUT2D eigenvalue weighted by atomic mass is 9.47. The van der Waals surface area contributed by atoms with Crippen LogP contribution in [0.25, 0.3) is 6.08 Å². The average Bonchev–Trinajstić information content (AvgIpc) is 3.31. The molecule has 5 fully saturated rings. The fraction of sp³-hybridized carbons (Fsp3) is 0.528. The lowest BCUT2D eigenvalue weighted by Crippen LogP contribution is -2.56. The van der Waals surface area contributed by atoms with Crippen LogP contribution in [0, 0.1) is 51.2 Å². The second-order valence-corrected chi connectivity index (χ2v) is 13.5. The van der Waals surface area contributed by atoms with Crippen molar-refractivity contribution in [1.82, 2.24) is 0 Å². The van der Waals surface area contributed by atoms with E-state index in [9.17, 15) is 10.5 Å². The molecule has 8 rings (SSSR count). The summed E-state index contributed by atoms with van der Waals surface area (Å²) in [4.78, 5) is 17.5. The number of nitriles is 2. The molecular weight excluding hydrogens is 522 g/mol. The molecule has 2 aromatic rings. The van der Waals surface area contributed by atoms with Crippen molar-refractivity contribution in [1.29, 1.82) is 10.5 Å². The van der Waals surface area contributed by atoms with Crippen molar-refractivity contribution in [3.63, 3.8) is 0 Å². The molecule has 3 atom stereocenters. The Balaban J connectivity index is 1.39. The lowest BCUT2D eigenvalue weighted by Gasteiger charge is -2.57. The maximum atomic E-state index is 15.3. The first-order valence-electron chi connectivity index (χ1n) is 15.7. The summed E-state index contributed by atoms with van der Waals surface area (Å²) in [6.45, 7) is 2.70. The summed E-state index contributed by atoms with van der Waals surface area (Å²) >= 11 is 0. The number of anilines is 1. The number of unbranched alkanes of at least 4 members (excludes halogenated alkanes) is 1. The summed E-state index contributed by atoms with van der Waals surface area (Å²) in [7, 11) is 1.61. The number of nitrogens with zero attached hydrogens (tertiary/aromatic N) is 3. The number of para-hydroxylation sites is 1. The highest BCUT2D eigenvalue weighted by Crippen LogP contribution is 2.64. The predicted octanol–water partition coefficient (Wildman–Crippen LogP) is 7.06. The van der Waals surface area contributed by atoms with E-state index in [4.69, 9.17) is 9.47 Å². The summed E-state index contributed by atoms with van der Waals surface area (Å²) < 4.78 is 11.8. The number of rotatable bonds is 8. The molecule has 1 saturated heterocycles. The summed E-state index contributed by atoms with van der Waals surface area (Å²) in [5.41, 5.74) is 0.882. The fourth-order valence-electron chi connectivity index (χ4n) is 9.66. The standard InChI is InChI=1S/C36H39N3O3/c1-3-4-13-42-29-11-9-27(17-30(29)41-2)32-33(34(40)35-18-23-14-24(19-35)16-25(15-23)20-35)39-28-8-6-5-7-26(28)10-12-31(39)36(32,21-37)22-38/h5-12,17,23-25,31-33H,3-4,13-16,18-20H2,1-2H3/t23?,24?,25?,31-,32-,33+,35?/m1/s1. The van der Waals surface area contributed by atoms with E-state index in [0.29, 0.717) is 35.9 Å². The van der Waals surface area contributed by atoms with Crippen LogP contribution in [0.4, 0.5) is 5.69 Å². The summed E-state index contributed by atoms with van der Waals surface area (Å²) in [5, 5.41) is 21.8. The van der Waals surface area contributed by atoms with Crippen molar-refractivity contribution < 1.29 is 14.3 Å². The van der Waals surface area contributed by atoms with E-state index in [1.807, 2.05) is 54.6 Å². The van der Waals surface area contributed by atoms with E-state index in [1.165, 1.54) is 19.3 Å². The molecule has 0 unspecified atom stereocenters. The number of carbonyl (C=O) groups excluding carboxylic acids is 1. The van der Waals surface area contributed by atoms with Crippen LogP contribution in [0.1, 0.15) is 75.3 Å². The number of hydrogen-bond donors (Lipinski definition) is 0. The van der Waals surface area contributed by atoms with Gasteiger partial charge in [-0.2, -0.15) is 10.5 Å². The molecular formula is C36H39N3O3. The molecule has 2 aromatic carbocycles. The molecule has 0 aromatic heterocycles. The van der Waals surface area contributed by atoms with Crippen molar-refractivity contribution in [2.24, 2.45) is 28.6 Å². The molecule has 2 aliphatic heterocycles. The SMILES string of the molecule is CCCCOc1ccc([C@@H]2[C@@H](C(=O)C34CC5CC(CC(C5)C3)C4)N3c4ccccc4C=C[C@@H]3C2(C#N)C#N)cc1OC. The van der Waals surface area contributed by atoms with Crippen LogP contribution in [0.5, 0.6) is 11.5 Å². The van der Waals surface area contributed by atoms with Crippen LogP contribution >= 0.6 is 0 Å². The summed E-state index contributed by atoms with van der Waals surface area (Å²) in [6.07, 6.45) is 12.5. The van der Waals surface area contributed by atoms with E-state index >= 15 is 4.79 Å². The minimum Gasteiger partial charge on any atom is -0.493 e. The Morgan fingerprint density at radius 1 is 1.00 bits per heavy atom. The average molecular weight is 562 g/mol. The predicted molar refractivity (Wildman–Crippen MR) is 161 cm³/mol. The molecule has 216 valence electrons. The van der Waals surface area contributed by atoms with Crippen LogP contribution < -0.4 is 14.4 Å². The van der Waals surface area contributed by atoms with E-state index in [2.05, 4.69) is 24.0 Å². The molecule has 4 aliphatic carbocycles. The van der Waals surface area contributed by atoms with Gasteiger partial charge >= 0.3 is 0 Å². The number of hydrogen-bond acceptors (Lipinski definition) is 6. The highest BCUT2D eigenvalue weighted by Gasteiger charge is 2.67. The Bertz CT molecular complexity index is 1460. The highest BCUT2D eigenvalue weighted by atomic mass is 16.5.